The highest BCUT2D eigenvalue weighted by molar-refractivity contribution is 5.84. The summed E-state index contributed by atoms with van der Waals surface area (Å²) < 4.78 is 6.96. The van der Waals surface area contributed by atoms with Gasteiger partial charge in [-0.05, 0) is 37.8 Å². The van der Waals surface area contributed by atoms with E-state index in [1.165, 1.54) is 0 Å². The minimum absolute atomic E-state index is 0.00192. The Balaban J connectivity index is 1.36. The second-order valence-electron chi connectivity index (χ2n) is 10.3. The maximum absolute atomic E-state index is 13.6. The number of hydrogen-bond acceptors (Lipinski definition) is 3. The monoisotopic (exact) mass is 468 g/mol. The molecule has 2 amide bonds. The second kappa shape index (κ2) is 8.80. The maximum atomic E-state index is 13.6. The van der Waals surface area contributed by atoms with Crippen LogP contribution in [0.5, 0.6) is 0 Å². The van der Waals surface area contributed by atoms with Crippen molar-refractivity contribution < 1.29 is 14.3 Å². The molecule has 0 N–H and O–H groups in total. The first-order chi connectivity index (χ1) is 17.1. The van der Waals surface area contributed by atoms with Gasteiger partial charge in [0.1, 0.15) is 12.5 Å². The third kappa shape index (κ3) is 3.56. The lowest BCUT2D eigenvalue weighted by Crippen LogP contribution is -2.47. The number of carbonyl (C=O) groups excluding carboxylic acids is 2. The highest BCUT2D eigenvalue weighted by atomic mass is 16.5. The van der Waals surface area contributed by atoms with Crippen molar-refractivity contribution in [3.05, 3.63) is 96.1 Å². The molecule has 2 unspecified atom stereocenters. The fraction of sp³-hybridized carbons (Fsp3) is 0.400. The smallest absolute Gasteiger partial charge is 0.229 e. The molecule has 0 spiro atoms. The number of nitrogens with zero attached hydrogens (tertiary/aromatic N) is 2. The van der Waals surface area contributed by atoms with Gasteiger partial charge in [0, 0.05) is 11.8 Å². The molecule has 35 heavy (non-hydrogen) atoms. The van der Waals surface area contributed by atoms with E-state index < -0.39 is 12.5 Å². The molecule has 2 aromatic rings. The zero-order valence-corrected chi connectivity index (χ0v) is 20.2. The van der Waals surface area contributed by atoms with Crippen molar-refractivity contribution >= 4 is 11.8 Å². The van der Waals surface area contributed by atoms with Gasteiger partial charge in [0.2, 0.25) is 11.8 Å². The molecule has 180 valence electrons. The summed E-state index contributed by atoms with van der Waals surface area (Å²) in [7, 11) is 0. The van der Waals surface area contributed by atoms with Crippen LogP contribution in [0, 0.1) is 23.7 Å². The van der Waals surface area contributed by atoms with Gasteiger partial charge in [0.15, 0.2) is 0 Å². The SMILES string of the molecule is C[C@H](c1ccccc1)N1C(=O)[C@H]2CC=C[C@H]2C1OC1[C@@H]2C=CC[C@@H]2C(=O)N1[C@H](C)c1ccccc1. The summed E-state index contributed by atoms with van der Waals surface area (Å²) in [5, 5.41) is 0. The number of rotatable bonds is 6. The van der Waals surface area contributed by atoms with Gasteiger partial charge in [0.05, 0.1) is 23.9 Å². The Morgan fingerprint density at radius 2 is 1.09 bits per heavy atom. The number of fused-ring (bicyclic) bond motifs is 2. The molecule has 2 heterocycles. The van der Waals surface area contributed by atoms with Crippen LogP contribution >= 0.6 is 0 Å². The van der Waals surface area contributed by atoms with Gasteiger partial charge in [-0.1, -0.05) is 85.0 Å². The fourth-order valence-corrected chi connectivity index (χ4v) is 6.53. The molecule has 0 bridgehead atoms. The molecule has 0 aromatic heterocycles. The number of amides is 2. The number of likely N-dealkylation sites (tertiary alicyclic amines) is 2. The average Bonchev–Trinajstić information content (AvgIpc) is 3.66. The Morgan fingerprint density at radius 1 is 0.686 bits per heavy atom. The number of carbonyl (C=O) groups is 2. The number of allylic oxidation sites excluding steroid dienone is 2. The molecule has 4 aliphatic rings. The van der Waals surface area contributed by atoms with Crippen molar-refractivity contribution in [3.63, 3.8) is 0 Å². The van der Waals surface area contributed by atoms with Crippen LogP contribution in [0.15, 0.2) is 85.0 Å². The fourth-order valence-electron chi connectivity index (χ4n) is 6.53. The lowest BCUT2D eigenvalue weighted by atomic mass is 9.97. The molecule has 2 aliphatic carbocycles. The molecule has 5 nitrogen and oxygen atoms in total. The van der Waals surface area contributed by atoms with Crippen LogP contribution in [-0.2, 0) is 14.3 Å². The standard InChI is InChI=1S/C30H32N2O3/c1-19(21-11-5-3-6-12-21)31-27(33)23-15-9-17-25(23)29(31)35-30-26-18-10-16-24(26)28(34)32(30)20(2)22-13-7-4-8-14-22/h3-14,17-20,23-26,29-30H,15-16H2,1-2H3/t19-,20-,23+,24+,25-,26-,29?,30?/m1/s1. The van der Waals surface area contributed by atoms with E-state index in [0.29, 0.717) is 0 Å². The molecular formula is C30H32N2O3. The summed E-state index contributed by atoms with van der Waals surface area (Å²) in [4.78, 5) is 31.1. The summed E-state index contributed by atoms with van der Waals surface area (Å²) in [6.45, 7) is 4.16. The highest BCUT2D eigenvalue weighted by Crippen LogP contribution is 2.48. The van der Waals surface area contributed by atoms with E-state index in [2.05, 4.69) is 62.4 Å². The topological polar surface area (TPSA) is 49.9 Å². The molecule has 5 heteroatoms. The van der Waals surface area contributed by atoms with E-state index in [-0.39, 0.29) is 47.6 Å². The predicted octanol–water partition coefficient (Wildman–Crippen LogP) is 5.25. The van der Waals surface area contributed by atoms with E-state index in [9.17, 15) is 9.59 Å². The number of benzene rings is 2. The summed E-state index contributed by atoms with van der Waals surface area (Å²) in [6, 6.07) is 20.1. The van der Waals surface area contributed by atoms with Crippen LogP contribution in [-0.4, -0.2) is 34.1 Å². The van der Waals surface area contributed by atoms with Crippen LogP contribution in [0.4, 0.5) is 0 Å². The third-order valence-electron chi connectivity index (χ3n) is 8.45. The Hall–Kier alpha value is -3.18. The molecule has 0 radical (unpaired) electrons. The highest BCUT2D eigenvalue weighted by Gasteiger charge is 2.56. The van der Waals surface area contributed by atoms with Crippen LogP contribution in [0.3, 0.4) is 0 Å². The lowest BCUT2D eigenvalue weighted by Gasteiger charge is -2.39. The van der Waals surface area contributed by atoms with Gasteiger partial charge in [-0.2, -0.15) is 0 Å². The molecule has 2 aliphatic heterocycles. The Morgan fingerprint density at radius 3 is 1.49 bits per heavy atom. The molecule has 8 atom stereocenters. The normalized spacial score (nSPS) is 32.9. The van der Waals surface area contributed by atoms with Crippen LogP contribution in [0.1, 0.15) is 49.9 Å². The molecular weight excluding hydrogens is 436 g/mol. The summed E-state index contributed by atoms with van der Waals surface area (Å²) in [5.74, 6) is 0.124. The minimum atomic E-state index is -0.405. The lowest BCUT2D eigenvalue weighted by molar-refractivity contribution is -0.177. The summed E-state index contributed by atoms with van der Waals surface area (Å²) in [5.41, 5.74) is 2.18. The van der Waals surface area contributed by atoms with E-state index in [1.807, 2.05) is 46.2 Å². The van der Waals surface area contributed by atoms with E-state index >= 15 is 0 Å². The van der Waals surface area contributed by atoms with Gasteiger partial charge < -0.3 is 14.5 Å². The first kappa shape index (κ1) is 22.3. The average molecular weight is 469 g/mol. The Labute approximate surface area is 207 Å². The van der Waals surface area contributed by atoms with Crippen molar-refractivity contribution in [2.45, 2.75) is 51.2 Å². The van der Waals surface area contributed by atoms with Crippen LogP contribution < -0.4 is 0 Å². The van der Waals surface area contributed by atoms with Gasteiger partial charge in [-0.3, -0.25) is 9.59 Å². The van der Waals surface area contributed by atoms with E-state index in [4.69, 9.17) is 4.74 Å². The third-order valence-corrected chi connectivity index (χ3v) is 8.45. The Kier molecular flexibility index (Phi) is 5.60. The first-order valence-corrected chi connectivity index (χ1v) is 12.8. The maximum Gasteiger partial charge on any atom is 0.229 e. The van der Waals surface area contributed by atoms with Crippen molar-refractivity contribution in [1.29, 1.82) is 0 Å². The van der Waals surface area contributed by atoms with Crippen molar-refractivity contribution in [2.24, 2.45) is 23.7 Å². The number of ether oxygens (including phenoxy) is 1. The molecule has 2 aromatic carbocycles. The van der Waals surface area contributed by atoms with Crippen LogP contribution in [0.25, 0.3) is 0 Å². The first-order valence-electron chi connectivity index (χ1n) is 12.8. The second-order valence-corrected chi connectivity index (χ2v) is 10.3. The molecule has 2 saturated heterocycles. The van der Waals surface area contributed by atoms with Gasteiger partial charge in [0.25, 0.3) is 0 Å². The zero-order chi connectivity index (χ0) is 24.1. The van der Waals surface area contributed by atoms with Crippen molar-refractivity contribution in [1.82, 2.24) is 9.80 Å². The zero-order valence-electron chi connectivity index (χ0n) is 20.2. The minimum Gasteiger partial charge on any atom is -0.334 e. The quantitative estimate of drug-likeness (QED) is 0.545. The van der Waals surface area contributed by atoms with Crippen molar-refractivity contribution in [3.8, 4) is 0 Å². The van der Waals surface area contributed by atoms with E-state index in [1.54, 1.807) is 0 Å². The van der Waals surface area contributed by atoms with Gasteiger partial charge in [-0.15, -0.1) is 0 Å². The van der Waals surface area contributed by atoms with Gasteiger partial charge in [-0.25, -0.2) is 0 Å². The Bertz CT molecular complexity index is 1070. The molecule has 2 fully saturated rings. The summed E-state index contributed by atoms with van der Waals surface area (Å²) >= 11 is 0. The van der Waals surface area contributed by atoms with Gasteiger partial charge >= 0.3 is 0 Å². The summed E-state index contributed by atoms with van der Waals surface area (Å²) in [6.07, 6.45) is 9.20. The molecule has 6 rings (SSSR count). The van der Waals surface area contributed by atoms with Crippen molar-refractivity contribution in [2.75, 3.05) is 0 Å². The largest absolute Gasteiger partial charge is 0.334 e. The predicted molar refractivity (Wildman–Crippen MR) is 134 cm³/mol. The molecule has 0 saturated carbocycles. The van der Waals surface area contributed by atoms with E-state index in [0.717, 1.165) is 24.0 Å². The van der Waals surface area contributed by atoms with Crippen LogP contribution in [0.2, 0.25) is 0 Å². The number of hydrogen-bond donors (Lipinski definition) is 0.